The summed E-state index contributed by atoms with van der Waals surface area (Å²) in [7, 11) is 1.64. The first kappa shape index (κ1) is 21.9. The molecule has 1 aromatic heterocycles. The van der Waals surface area contributed by atoms with Gasteiger partial charge in [-0.2, -0.15) is 0 Å². The Bertz CT molecular complexity index is 1130. The molecule has 1 heterocycles. The van der Waals surface area contributed by atoms with Gasteiger partial charge in [-0.3, -0.25) is 4.57 Å². The van der Waals surface area contributed by atoms with Crippen molar-refractivity contribution >= 4 is 11.8 Å². The fourth-order valence-corrected chi connectivity index (χ4v) is 4.23. The number of ether oxygens (including phenoxy) is 2. The quantitative estimate of drug-likeness (QED) is 0.357. The van der Waals surface area contributed by atoms with E-state index in [2.05, 4.69) is 10.2 Å². The van der Waals surface area contributed by atoms with E-state index in [0.717, 1.165) is 28.3 Å². The lowest BCUT2D eigenvalue weighted by atomic mass is 10.1. The van der Waals surface area contributed by atoms with E-state index < -0.39 is 6.10 Å². The zero-order valence-electron chi connectivity index (χ0n) is 18.0. The summed E-state index contributed by atoms with van der Waals surface area (Å²) < 4.78 is 12.9. The second-order valence-electron chi connectivity index (χ2n) is 7.03. The minimum atomic E-state index is -0.601. The minimum absolute atomic E-state index is 0.460. The Kier molecular flexibility index (Phi) is 7.09. The molecule has 0 amide bonds. The number of rotatable bonds is 9. The number of methoxy groups -OCH3 is 1. The number of thioether (sulfide) groups is 1. The lowest BCUT2D eigenvalue weighted by molar-refractivity contribution is 0.204. The molecule has 7 heteroatoms. The van der Waals surface area contributed by atoms with Crippen molar-refractivity contribution < 1.29 is 14.6 Å². The average Bonchev–Trinajstić information content (AvgIpc) is 3.27. The SMILES string of the molecule is CCOc1ccc(-n2c(SC[C@@H](O)c3ccccc3)nnc2-c2ccc(OC)cc2)cc1. The van der Waals surface area contributed by atoms with Crippen LogP contribution >= 0.6 is 11.8 Å². The number of aromatic nitrogens is 3. The van der Waals surface area contributed by atoms with Gasteiger partial charge in [0.25, 0.3) is 0 Å². The van der Waals surface area contributed by atoms with Gasteiger partial charge in [0, 0.05) is 17.0 Å². The maximum Gasteiger partial charge on any atom is 0.196 e. The van der Waals surface area contributed by atoms with Gasteiger partial charge in [0.05, 0.1) is 19.8 Å². The van der Waals surface area contributed by atoms with Crippen LogP contribution in [0.15, 0.2) is 84.0 Å². The van der Waals surface area contributed by atoms with Gasteiger partial charge in [0.1, 0.15) is 11.5 Å². The van der Waals surface area contributed by atoms with E-state index in [0.29, 0.717) is 23.3 Å². The number of hydrogen-bond donors (Lipinski definition) is 1. The summed E-state index contributed by atoms with van der Waals surface area (Å²) in [5, 5.41) is 20.2. The van der Waals surface area contributed by atoms with E-state index in [-0.39, 0.29) is 0 Å². The van der Waals surface area contributed by atoms with E-state index in [4.69, 9.17) is 9.47 Å². The highest BCUT2D eigenvalue weighted by molar-refractivity contribution is 7.99. The van der Waals surface area contributed by atoms with Gasteiger partial charge in [0.2, 0.25) is 0 Å². The van der Waals surface area contributed by atoms with Crippen LogP contribution in [0.5, 0.6) is 11.5 Å². The summed E-state index contributed by atoms with van der Waals surface area (Å²) >= 11 is 1.47. The average molecular weight is 448 g/mol. The Balaban J connectivity index is 1.67. The molecule has 3 aromatic carbocycles. The maximum absolute atomic E-state index is 10.6. The second kappa shape index (κ2) is 10.3. The summed E-state index contributed by atoms with van der Waals surface area (Å²) in [6, 6.07) is 25.2. The number of hydrogen-bond acceptors (Lipinski definition) is 6. The molecular weight excluding hydrogens is 422 g/mol. The number of aliphatic hydroxyl groups excluding tert-OH is 1. The Morgan fingerprint density at radius 1 is 0.906 bits per heavy atom. The van der Waals surface area contributed by atoms with E-state index in [1.165, 1.54) is 11.8 Å². The molecule has 32 heavy (non-hydrogen) atoms. The van der Waals surface area contributed by atoms with Crippen molar-refractivity contribution in [3.05, 3.63) is 84.4 Å². The molecule has 0 radical (unpaired) electrons. The molecule has 1 atom stereocenters. The molecule has 0 bridgehead atoms. The molecule has 0 saturated heterocycles. The lowest BCUT2D eigenvalue weighted by Gasteiger charge is -2.13. The van der Waals surface area contributed by atoms with Crippen molar-refractivity contribution in [2.75, 3.05) is 19.5 Å². The molecule has 164 valence electrons. The third-order valence-electron chi connectivity index (χ3n) is 4.94. The second-order valence-corrected chi connectivity index (χ2v) is 8.02. The maximum atomic E-state index is 10.6. The topological polar surface area (TPSA) is 69.4 Å². The third-order valence-corrected chi connectivity index (χ3v) is 5.95. The molecule has 1 N–H and O–H groups in total. The van der Waals surface area contributed by atoms with E-state index >= 15 is 0 Å². The zero-order chi connectivity index (χ0) is 22.3. The molecule has 4 rings (SSSR count). The summed E-state index contributed by atoms with van der Waals surface area (Å²) in [6.07, 6.45) is -0.601. The van der Waals surface area contributed by atoms with Gasteiger partial charge in [-0.05, 0) is 61.0 Å². The van der Waals surface area contributed by atoms with Crippen molar-refractivity contribution in [2.24, 2.45) is 0 Å². The number of benzene rings is 3. The van der Waals surface area contributed by atoms with E-state index in [1.807, 2.05) is 90.4 Å². The van der Waals surface area contributed by atoms with Crippen LogP contribution < -0.4 is 9.47 Å². The normalized spacial score (nSPS) is 11.8. The molecule has 4 aromatic rings. The minimum Gasteiger partial charge on any atom is -0.497 e. The Morgan fingerprint density at radius 2 is 1.59 bits per heavy atom. The van der Waals surface area contributed by atoms with Gasteiger partial charge in [-0.15, -0.1) is 10.2 Å². The first-order valence-corrected chi connectivity index (χ1v) is 11.4. The fraction of sp³-hybridized carbons (Fsp3) is 0.200. The van der Waals surface area contributed by atoms with Crippen molar-refractivity contribution in [3.8, 4) is 28.6 Å². The van der Waals surface area contributed by atoms with Crippen LogP contribution in [0.3, 0.4) is 0 Å². The van der Waals surface area contributed by atoms with Gasteiger partial charge in [0.15, 0.2) is 11.0 Å². The predicted molar refractivity (Wildman–Crippen MR) is 127 cm³/mol. The Labute approximate surface area is 191 Å². The van der Waals surface area contributed by atoms with Crippen molar-refractivity contribution in [1.29, 1.82) is 0 Å². The zero-order valence-corrected chi connectivity index (χ0v) is 18.8. The van der Waals surface area contributed by atoms with Crippen LogP contribution in [-0.4, -0.2) is 39.3 Å². The van der Waals surface area contributed by atoms with Crippen molar-refractivity contribution in [2.45, 2.75) is 18.2 Å². The Morgan fingerprint density at radius 3 is 2.25 bits per heavy atom. The summed E-state index contributed by atoms with van der Waals surface area (Å²) in [4.78, 5) is 0. The van der Waals surface area contributed by atoms with E-state index in [9.17, 15) is 5.11 Å². The van der Waals surface area contributed by atoms with Gasteiger partial charge < -0.3 is 14.6 Å². The summed E-state index contributed by atoms with van der Waals surface area (Å²) in [5.41, 5.74) is 2.71. The molecular formula is C25H25N3O3S. The van der Waals surface area contributed by atoms with Crippen LogP contribution in [0.1, 0.15) is 18.6 Å². The first-order valence-electron chi connectivity index (χ1n) is 10.4. The Hall–Kier alpha value is -3.29. The van der Waals surface area contributed by atoms with E-state index in [1.54, 1.807) is 7.11 Å². The third kappa shape index (κ3) is 4.95. The monoisotopic (exact) mass is 447 g/mol. The molecule has 0 aliphatic rings. The molecule has 0 aliphatic carbocycles. The molecule has 0 fully saturated rings. The smallest absolute Gasteiger partial charge is 0.196 e. The van der Waals surface area contributed by atoms with Crippen LogP contribution in [0.4, 0.5) is 0 Å². The number of aliphatic hydroxyl groups is 1. The molecule has 6 nitrogen and oxygen atoms in total. The molecule has 0 unspecified atom stereocenters. The summed E-state index contributed by atoms with van der Waals surface area (Å²) in [6.45, 7) is 2.57. The fourth-order valence-electron chi connectivity index (χ4n) is 3.31. The molecule has 0 aliphatic heterocycles. The van der Waals surface area contributed by atoms with Crippen LogP contribution in [-0.2, 0) is 0 Å². The van der Waals surface area contributed by atoms with Crippen LogP contribution in [0, 0.1) is 0 Å². The standard InChI is InChI=1S/C25H25N3O3S/c1-3-31-22-15-11-20(12-16-22)28-24(19-9-13-21(30-2)14-10-19)26-27-25(28)32-17-23(29)18-7-5-4-6-8-18/h4-16,23,29H,3,17H2,1-2H3/t23-/m1/s1. The number of nitrogens with zero attached hydrogens (tertiary/aromatic N) is 3. The van der Waals surface area contributed by atoms with Gasteiger partial charge in [-0.1, -0.05) is 42.1 Å². The largest absolute Gasteiger partial charge is 0.497 e. The highest BCUT2D eigenvalue weighted by Gasteiger charge is 2.18. The van der Waals surface area contributed by atoms with Crippen molar-refractivity contribution in [3.63, 3.8) is 0 Å². The molecule has 0 saturated carbocycles. The highest BCUT2D eigenvalue weighted by Crippen LogP contribution is 2.31. The van der Waals surface area contributed by atoms with Crippen LogP contribution in [0.25, 0.3) is 17.1 Å². The molecule has 0 spiro atoms. The summed E-state index contributed by atoms with van der Waals surface area (Å²) in [5.74, 6) is 2.76. The highest BCUT2D eigenvalue weighted by atomic mass is 32.2. The first-order chi connectivity index (χ1) is 15.7. The van der Waals surface area contributed by atoms with Gasteiger partial charge in [-0.25, -0.2) is 0 Å². The van der Waals surface area contributed by atoms with Crippen LogP contribution in [0.2, 0.25) is 0 Å². The predicted octanol–water partition coefficient (Wildman–Crippen LogP) is 5.17. The van der Waals surface area contributed by atoms with Crippen molar-refractivity contribution in [1.82, 2.24) is 14.8 Å². The van der Waals surface area contributed by atoms with Gasteiger partial charge >= 0.3 is 0 Å². The lowest BCUT2D eigenvalue weighted by Crippen LogP contribution is -2.04.